The fourth-order valence-corrected chi connectivity index (χ4v) is 1.66. The highest BCUT2D eigenvalue weighted by atomic mass is 35.5. The number of aromatic hydroxyl groups is 1. The summed E-state index contributed by atoms with van der Waals surface area (Å²) in [6.07, 6.45) is 0.922. The van der Waals surface area contributed by atoms with Crippen molar-refractivity contribution in [2.24, 2.45) is 0 Å². The summed E-state index contributed by atoms with van der Waals surface area (Å²) >= 11 is 5.82. The molecule has 18 heavy (non-hydrogen) atoms. The smallest absolute Gasteiger partial charge is 0.138 e. The van der Waals surface area contributed by atoms with E-state index < -0.39 is 0 Å². The van der Waals surface area contributed by atoms with Gasteiger partial charge in [0.25, 0.3) is 0 Å². The van der Waals surface area contributed by atoms with Gasteiger partial charge >= 0.3 is 0 Å². The summed E-state index contributed by atoms with van der Waals surface area (Å²) in [5, 5.41) is 13.3. The van der Waals surface area contributed by atoms with Crippen molar-refractivity contribution in [1.82, 2.24) is 5.32 Å². The molecule has 0 bridgehead atoms. The lowest BCUT2D eigenvalue weighted by atomic mass is 10.2. The van der Waals surface area contributed by atoms with Crippen molar-refractivity contribution >= 4 is 11.6 Å². The van der Waals surface area contributed by atoms with Gasteiger partial charge in [0.1, 0.15) is 5.75 Å². The van der Waals surface area contributed by atoms with Gasteiger partial charge in [0.05, 0.1) is 18.2 Å². The Hall–Kier alpha value is -0.810. The van der Waals surface area contributed by atoms with Gasteiger partial charge < -0.3 is 19.9 Å². The normalized spacial score (nSPS) is 10.8. The zero-order valence-corrected chi connectivity index (χ0v) is 11.4. The molecule has 0 spiro atoms. The van der Waals surface area contributed by atoms with Gasteiger partial charge in [0.2, 0.25) is 0 Å². The molecule has 1 aromatic carbocycles. The van der Waals surface area contributed by atoms with Crippen LogP contribution in [0.25, 0.3) is 0 Å². The molecule has 0 saturated carbocycles. The van der Waals surface area contributed by atoms with Crippen molar-refractivity contribution in [3.8, 4) is 5.75 Å². The predicted molar refractivity (Wildman–Crippen MR) is 72.1 cm³/mol. The Morgan fingerprint density at radius 3 is 2.89 bits per heavy atom. The third-order valence-corrected chi connectivity index (χ3v) is 2.76. The Morgan fingerprint density at radius 1 is 1.28 bits per heavy atom. The highest BCUT2D eigenvalue weighted by Gasteiger charge is 2.03. The number of methoxy groups -OCH3 is 1. The topological polar surface area (TPSA) is 50.7 Å². The minimum absolute atomic E-state index is 0.156. The Labute approximate surface area is 113 Å². The van der Waals surface area contributed by atoms with E-state index in [0.29, 0.717) is 31.4 Å². The maximum Gasteiger partial charge on any atom is 0.138 e. The molecule has 1 aromatic rings. The Morgan fingerprint density at radius 2 is 2.11 bits per heavy atom. The summed E-state index contributed by atoms with van der Waals surface area (Å²) in [5.41, 5.74) is 0.808. The number of phenols is 1. The van der Waals surface area contributed by atoms with Gasteiger partial charge in [-0.1, -0.05) is 23.7 Å². The monoisotopic (exact) mass is 273 g/mol. The minimum atomic E-state index is 0.156. The number of phenolic OH excluding ortho intramolecular Hbond substituents is 1. The van der Waals surface area contributed by atoms with E-state index in [1.54, 1.807) is 13.2 Å². The van der Waals surface area contributed by atoms with E-state index in [0.717, 1.165) is 18.5 Å². The third-order valence-electron chi connectivity index (χ3n) is 2.46. The average Bonchev–Trinajstić information content (AvgIpc) is 2.37. The van der Waals surface area contributed by atoms with Crippen molar-refractivity contribution in [3.05, 3.63) is 28.8 Å². The largest absolute Gasteiger partial charge is 0.506 e. The highest BCUT2D eigenvalue weighted by molar-refractivity contribution is 6.32. The summed E-state index contributed by atoms with van der Waals surface area (Å²) in [5.74, 6) is 0.156. The van der Waals surface area contributed by atoms with Crippen LogP contribution >= 0.6 is 11.6 Å². The number of ether oxygens (including phenoxy) is 2. The fourth-order valence-electron chi connectivity index (χ4n) is 1.47. The second kappa shape index (κ2) is 9.16. The molecule has 0 saturated heterocycles. The minimum Gasteiger partial charge on any atom is -0.506 e. The number of benzene rings is 1. The number of para-hydroxylation sites is 1. The van der Waals surface area contributed by atoms with E-state index in [-0.39, 0.29) is 5.75 Å². The summed E-state index contributed by atoms with van der Waals surface area (Å²) in [4.78, 5) is 0. The zero-order chi connectivity index (χ0) is 13.2. The second-order valence-electron chi connectivity index (χ2n) is 3.88. The lowest BCUT2D eigenvalue weighted by Crippen LogP contribution is -2.17. The van der Waals surface area contributed by atoms with Gasteiger partial charge in [-0.25, -0.2) is 0 Å². The summed E-state index contributed by atoms with van der Waals surface area (Å²) in [6.45, 7) is 3.40. The Bertz CT molecular complexity index is 347. The molecule has 1 rings (SSSR count). The molecule has 0 radical (unpaired) electrons. The van der Waals surface area contributed by atoms with Crippen LogP contribution in [0.1, 0.15) is 12.0 Å². The van der Waals surface area contributed by atoms with E-state index in [2.05, 4.69) is 5.32 Å². The van der Waals surface area contributed by atoms with E-state index in [1.807, 2.05) is 12.1 Å². The molecule has 4 nitrogen and oxygen atoms in total. The first kappa shape index (κ1) is 15.2. The molecule has 2 N–H and O–H groups in total. The number of hydrogen-bond acceptors (Lipinski definition) is 4. The van der Waals surface area contributed by atoms with Crippen molar-refractivity contribution in [2.45, 2.75) is 13.0 Å². The first-order chi connectivity index (χ1) is 8.75. The molecule has 0 aliphatic rings. The number of nitrogens with one attached hydrogen (secondary N) is 1. The van der Waals surface area contributed by atoms with Crippen molar-refractivity contribution in [3.63, 3.8) is 0 Å². The quantitative estimate of drug-likeness (QED) is 0.677. The molecule has 0 aliphatic carbocycles. The highest BCUT2D eigenvalue weighted by Crippen LogP contribution is 2.26. The van der Waals surface area contributed by atoms with Gasteiger partial charge in [-0.3, -0.25) is 0 Å². The summed E-state index contributed by atoms with van der Waals surface area (Å²) in [6, 6.07) is 5.35. The van der Waals surface area contributed by atoms with E-state index in [9.17, 15) is 5.11 Å². The van der Waals surface area contributed by atoms with E-state index in [4.69, 9.17) is 21.1 Å². The summed E-state index contributed by atoms with van der Waals surface area (Å²) < 4.78 is 10.2. The van der Waals surface area contributed by atoms with Crippen LogP contribution in [0.4, 0.5) is 0 Å². The maximum atomic E-state index is 9.69. The van der Waals surface area contributed by atoms with Crippen LogP contribution in [0.5, 0.6) is 5.75 Å². The first-order valence-corrected chi connectivity index (χ1v) is 6.37. The molecule has 5 heteroatoms. The number of rotatable bonds is 9. The molecular formula is C13H20ClNO3. The molecule has 102 valence electrons. The molecule has 0 heterocycles. The SMILES string of the molecule is COCCOCCCNCc1cccc(Cl)c1O. The van der Waals surface area contributed by atoms with Crippen LogP contribution in [-0.2, 0) is 16.0 Å². The van der Waals surface area contributed by atoms with Crippen LogP contribution in [-0.4, -0.2) is 38.6 Å². The molecule has 0 aliphatic heterocycles. The van der Waals surface area contributed by atoms with E-state index >= 15 is 0 Å². The molecule has 0 amide bonds. The third kappa shape index (κ3) is 5.69. The van der Waals surface area contributed by atoms with Crippen LogP contribution in [0.2, 0.25) is 5.02 Å². The average molecular weight is 274 g/mol. The second-order valence-corrected chi connectivity index (χ2v) is 4.29. The molecule has 0 fully saturated rings. The lowest BCUT2D eigenvalue weighted by molar-refractivity contribution is 0.0695. The molecule has 0 atom stereocenters. The standard InChI is InChI=1S/C13H20ClNO3/c1-17-8-9-18-7-3-6-15-10-11-4-2-5-12(14)13(11)16/h2,4-5,15-16H,3,6-10H2,1H3. The van der Waals surface area contributed by atoms with Gasteiger partial charge in [0.15, 0.2) is 0 Å². The summed E-state index contributed by atoms with van der Waals surface area (Å²) in [7, 11) is 1.66. The molecular weight excluding hydrogens is 254 g/mol. The van der Waals surface area contributed by atoms with Crippen molar-refractivity contribution < 1.29 is 14.6 Å². The van der Waals surface area contributed by atoms with Gasteiger partial charge in [-0.05, 0) is 19.0 Å². The number of halogens is 1. The van der Waals surface area contributed by atoms with Gasteiger partial charge in [-0.15, -0.1) is 0 Å². The predicted octanol–water partition coefficient (Wildman–Crippen LogP) is 2.19. The Balaban J connectivity index is 2.09. The fraction of sp³-hybridized carbons (Fsp3) is 0.538. The lowest BCUT2D eigenvalue weighted by Gasteiger charge is -2.08. The van der Waals surface area contributed by atoms with Crippen LogP contribution in [0.15, 0.2) is 18.2 Å². The Kier molecular flexibility index (Phi) is 7.76. The van der Waals surface area contributed by atoms with Gasteiger partial charge in [0, 0.05) is 25.8 Å². The molecule has 0 aromatic heterocycles. The van der Waals surface area contributed by atoms with Crippen LogP contribution in [0.3, 0.4) is 0 Å². The zero-order valence-electron chi connectivity index (χ0n) is 10.6. The first-order valence-electron chi connectivity index (χ1n) is 5.99. The van der Waals surface area contributed by atoms with Gasteiger partial charge in [-0.2, -0.15) is 0 Å². The van der Waals surface area contributed by atoms with Crippen molar-refractivity contribution in [2.75, 3.05) is 33.5 Å². The molecule has 0 unspecified atom stereocenters. The van der Waals surface area contributed by atoms with E-state index in [1.165, 1.54) is 0 Å². The number of hydrogen-bond donors (Lipinski definition) is 2. The maximum absolute atomic E-state index is 9.69. The van der Waals surface area contributed by atoms with Crippen LogP contribution < -0.4 is 5.32 Å². The van der Waals surface area contributed by atoms with Crippen molar-refractivity contribution in [1.29, 1.82) is 0 Å². The van der Waals surface area contributed by atoms with Crippen LogP contribution in [0, 0.1) is 0 Å².